The first-order valence-electron chi connectivity index (χ1n) is 13.5. The van der Waals surface area contributed by atoms with E-state index in [0.29, 0.717) is 22.5 Å². The average Bonchev–Trinajstić information content (AvgIpc) is 3.41. The minimum absolute atomic E-state index is 0.121. The number of aromatic nitrogens is 2. The van der Waals surface area contributed by atoms with E-state index in [2.05, 4.69) is 5.32 Å². The van der Waals surface area contributed by atoms with E-state index in [9.17, 15) is 18.5 Å². The van der Waals surface area contributed by atoms with Gasteiger partial charge in [0.05, 0.1) is 22.8 Å². The van der Waals surface area contributed by atoms with Crippen molar-refractivity contribution in [2.45, 2.75) is 37.9 Å². The lowest BCUT2D eigenvalue weighted by Crippen LogP contribution is -2.48. The molecule has 1 aliphatic heterocycles. The Kier molecular flexibility index (Phi) is 8.36. The van der Waals surface area contributed by atoms with Crippen LogP contribution in [0.1, 0.15) is 25.0 Å². The van der Waals surface area contributed by atoms with Crippen molar-refractivity contribution in [2.24, 2.45) is 0 Å². The number of nitrogens with zero attached hydrogens (tertiary/aromatic N) is 4. The molecule has 214 valence electrons. The molecular weight excluding hydrogens is 550 g/mol. The first-order chi connectivity index (χ1) is 20.1. The number of carbonyl (C=O) groups excluding carboxylic acids is 1. The molecule has 42 heavy (non-hydrogen) atoms. The first kappa shape index (κ1) is 29.0. The maximum Gasteiger partial charge on any atom is 0.266 e. The topological polar surface area (TPSA) is 117 Å². The van der Waals surface area contributed by atoms with Gasteiger partial charge in [-0.2, -0.15) is 14.7 Å². The summed E-state index contributed by atoms with van der Waals surface area (Å²) >= 11 is 0. The minimum Gasteiger partial charge on any atom is -0.373 e. The lowest BCUT2D eigenvalue weighted by Gasteiger charge is -2.34. The number of benzene rings is 3. The normalized spacial score (nSPS) is 17.9. The molecule has 0 bridgehead atoms. The zero-order chi connectivity index (χ0) is 29.9. The van der Waals surface area contributed by atoms with Gasteiger partial charge in [-0.3, -0.25) is 4.79 Å². The third-order valence-electron chi connectivity index (χ3n) is 6.87. The van der Waals surface area contributed by atoms with Crippen molar-refractivity contribution in [3.05, 3.63) is 102 Å². The van der Waals surface area contributed by atoms with Crippen molar-refractivity contribution >= 4 is 27.7 Å². The van der Waals surface area contributed by atoms with Crippen molar-refractivity contribution in [1.82, 2.24) is 14.1 Å². The van der Waals surface area contributed by atoms with E-state index in [1.165, 1.54) is 10.4 Å². The highest BCUT2D eigenvalue weighted by Gasteiger charge is 2.32. The molecular formula is C32H31N5O4S. The molecule has 10 heteroatoms. The number of rotatable bonds is 7. The maximum absolute atomic E-state index is 13.6. The van der Waals surface area contributed by atoms with Crippen LogP contribution >= 0.6 is 0 Å². The standard InChI is InChI=1S/C32H31N5O4S/c1-22-12-14-28(15-13-22)34-32(38)26(18-33)16-27-21-37(29-9-5-4-6-10-29)35-31(27)25-8-7-11-30(17-25)42(39,40)36-19-23(2)41-24(3)20-36/h4-17,21,23-24H,19-20H2,1-3H3,(H,34,38). The molecule has 9 nitrogen and oxygen atoms in total. The third-order valence-corrected chi connectivity index (χ3v) is 8.70. The predicted molar refractivity (Wildman–Crippen MR) is 161 cm³/mol. The Morgan fingerprint density at radius 1 is 1.02 bits per heavy atom. The fourth-order valence-corrected chi connectivity index (χ4v) is 6.49. The number of morpholine rings is 1. The monoisotopic (exact) mass is 581 g/mol. The molecule has 0 aliphatic carbocycles. The van der Waals surface area contributed by atoms with Gasteiger partial charge in [0.15, 0.2) is 0 Å². The largest absolute Gasteiger partial charge is 0.373 e. The van der Waals surface area contributed by atoms with Crippen LogP contribution in [-0.4, -0.2) is 53.7 Å². The Morgan fingerprint density at radius 2 is 1.71 bits per heavy atom. The van der Waals surface area contributed by atoms with Crippen LogP contribution in [0.4, 0.5) is 5.69 Å². The Morgan fingerprint density at radius 3 is 2.38 bits per heavy atom. The zero-order valence-corrected chi connectivity index (χ0v) is 24.4. The molecule has 2 atom stereocenters. The van der Waals surface area contributed by atoms with E-state index in [1.54, 1.807) is 47.3 Å². The number of aryl methyl sites for hydroxylation is 1. The van der Waals surface area contributed by atoms with Gasteiger partial charge < -0.3 is 10.1 Å². The molecule has 1 fully saturated rings. The highest BCUT2D eigenvalue weighted by molar-refractivity contribution is 7.89. The average molecular weight is 582 g/mol. The van der Waals surface area contributed by atoms with Gasteiger partial charge >= 0.3 is 0 Å². The molecule has 5 rings (SSSR count). The Labute approximate surface area is 245 Å². The number of nitrogens with one attached hydrogen (secondary N) is 1. The molecule has 2 unspecified atom stereocenters. The van der Waals surface area contributed by atoms with Crippen LogP contribution in [-0.2, 0) is 19.6 Å². The smallest absolute Gasteiger partial charge is 0.266 e. The summed E-state index contributed by atoms with van der Waals surface area (Å²) in [4.78, 5) is 13.2. The number of nitriles is 1. The summed E-state index contributed by atoms with van der Waals surface area (Å²) in [5.74, 6) is -0.563. The summed E-state index contributed by atoms with van der Waals surface area (Å²) in [6.45, 7) is 6.17. The van der Waals surface area contributed by atoms with Gasteiger partial charge in [0, 0.05) is 36.1 Å². The van der Waals surface area contributed by atoms with Gasteiger partial charge in [0.2, 0.25) is 10.0 Å². The van der Waals surface area contributed by atoms with Crippen LogP contribution in [0.3, 0.4) is 0 Å². The van der Waals surface area contributed by atoms with Crippen LogP contribution in [0.5, 0.6) is 0 Å². The van der Waals surface area contributed by atoms with Crippen LogP contribution in [0.15, 0.2) is 95.5 Å². The fraction of sp³-hybridized carbons (Fsp3) is 0.219. The van der Waals surface area contributed by atoms with Gasteiger partial charge in [-0.05, 0) is 63.2 Å². The van der Waals surface area contributed by atoms with E-state index in [1.807, 2.05) is 69.3 Å². The Balaban J connectivity index is 1.55. The number of para-hydroxylation sites is 1. The fourth-order valence-electron chi connectivity index (χ4n) is 4.85. The van der Waals surface area contributed by atoms with Crippen molar-refractivity contribution < 1.29 is 17.9 Å². The summed E-state index contributed by atoms with van der Waals surface area (Å²) in [6, 6.07) is 25.2. The second kappa shape index (κ2) is 12.1. The van der Waals surface area contributed by atoms with Gasteiger partial charge in [-0.1, -0.05) is 48.0 Å². The number of amides is 1. The number of ether oxygens (including phenoxy) is 1. The molecule has 0 spiro atoms. The van der Waals surface area contributed by atoms with E-state index >= 15 is 0 Å². The molecule has 1 N–H and O–H groups in total. The van der Waals surface area contributed by atoms with Crippen molar-refractivity contribution in [3.8, 4) is 23.0 Å². The van der Waals surface area contributed by atoms with Crippen molar-refractivity contribution in [3.63, 3.8) is 0 Å². The van der Waals surface area contributed by atoms with Crippen molar-refractivity contribution in [1.29, 1.82) is 5.26 Å². The summed E-state index contributed by atoms with van der Waals surface area (Å²) in [7, 11) is -3.81. The molecule has 1 aromatic heterocycles. The van der Waals surface area contributed by atoms with Gasteiger partial charge in [0.1, 0.15) is 17.3 Å². The van der Waals surface area contributed by atoms with E-state index in [-0.39, 0.29) is 35.8 Å². The number of carbonyl (C=O) groups is 1. The quantitative estimate of drug-likeness (QED) is 0.237. The van der Waals surface area contributed by atoms with Gasteiger partial charge in [-0.25, -0.2) is 13.1 Å². The lowest BCUT2D eigenvalue weighted by atomic mass is 10.1. The molecule has 1 saturated heterocycles. The van der Waals surface area contributed by atoms with Gasteiger partial charge in [0.25, 0.3) is 5.91 Å². The minimum atomic E-state index is -3.81. The van der Waals surface area contributed by atoms with Crippen LogP contribution < -0.4 is 5.32 Å². The number of sulfonamides is 1. The maximum atomic E-state index is 13.6. The van der Waals surface area contributed by atoms with Gasteiger partial charge in [-0.15, -0.1) is 0 Å². The number of hydrogen-bond donors (Lipinski definition) is 1. The van der Waals surface area contributed by atoms with Crippen molar-refractivity contribution in [2.75, 3.05) is 18.4 Å². The predicted octanol–water partition coefficient (Wildman–Crippen LogP) is 5.19. The summed E-state index contributed by atoms with van der Waals surface area (Å²) in [5, 5.41) is 17.4. The summed E-state index contributed by atoms with van der Waals surface area (Å²) in [6.07, 6.45) is 2.74. The lowest BCUT2D eigenvalue weighted by molar-refractivity contribution is -0.112. The summed E-state index contributed by atoms with van der Waals surface area (Å²) in [5.41, 5.74) is 3.70. The SMILES string of the molecule is Cc1ccc(NC(=O)C(C#N)=Cc2cn(-c3ccccc3)nc2-c2cccc(S(=O)(=O)N3CC(C)OC(C)C3)c2)cc1. The first-order valence-corrected chi connectivity index (χ1v) is 15.0. The zero-order valence-electron chi connectivity index (χ0n) is 23.6. The van der Waals surface area contributed by atoms with E-state index < -0.39 is 15.9 Å². The number of hydrogen-bond acceptors (Lipinski definition) is 6. The summed E-state index contributed by atoms with van der Waals surface area (Å²) < 4.78 is 36.0. The second-order valence-electron chi connectivity index (χ2n) is 10.3. The highest BCUT2D eigenvalue weighted by atomic mass is 32.2. The van der Waals surface area contributed by atoms with Crippen LogP contribution in [0.25, 0.3) is 23.0 Å². The third kappa shape index (κ3) is 6.34. The second-order valence-corrected chi connectivity index (χ2v) is 12.2. The molecule has 3 aromatic carbocycles. The van der Waals surface area contributed by atoms with Crippen LogP contribution in [0, 0.1) is 18.3 Å². The molecule has 4 aromatic rings. The molecule has 0 radical (unpaired) electrons. The van der Waals surface area contributed by atoms with E-state index in [4.69, 9.17) is 9.84 Å². The molecule has 0 saturated carbocycles. The van der Waals surface area contributed by atoms with Crippen LogP contribution in [0.2, 0.25) is 0 Å². The molecule has 1 aliphatic rings. The highest BCUT2D eigenvalue weighted by Crippen LogP contribution is 2.30. The molecule has 2 heterocycles. The molecule has 1 amide bonds. The Bertz CT molecular complexity index is 1760. The van der Waals surface area contributed by atoms with E-state index in [0.717, 1.165) is 11.3 Å². The number of anilines is 1. The Hall–Kier alpha value is -4.56.